The van der Waals surface area contributed by atoms with Gasteiger partial charge >= 0.3 is 0 Å². The second-order valence-electron chi connectivity index (χ2n) is 4.52. The summed E-state index contributed by atoms with van der Waals surface area (Å²) in [5.74, 6) is 0.607. The fourth-order valence-electron chi connectivity index (χ4n) is 2.66. The molecule has 3 saturated heterocycles. The van der Waals surface area contributed by atoms with Crippen LogP contribution in [0.15, 0.2) is 0 Å². The van der Waals surface area contributed by atoms with Crippen LogP contribution in [0.5, 0.6) is 0 Å². The van der Waals surface area contributed by atoms with Crippen LogP contribution in [0.3, 0.4) is 0 Å². The van der Waals surface area contributed by atoms with Crippen molar-refractivity contribution in [3.63, 3.8) is 0 Å². The van der Waals surface area contributed by atoms with Crippen LogP contribution in [0.1, 0.15) is 12.8 Å². The van der Waals surface area contributed by atoms with Crippen molar-refractivity contribution < 1.29 is 9.53 Å². The van der Waals surface area contributed by atoms with Gasteiger partial charge in [-0.3, -0.25) is 4.79 Å². The number of rotatable bonds is 1. The topological polar surface area (TPSA) is 41.6 Å². The summed E-state index contributed by atoms with van der Waals surface area (Å²) < 4.78 is 5.46. The molecule has 3 fully saturated rings. The average molecular weight is 196 g/mol. The van der Waals surface area contributed by atoms with Crippen molar-refractivity contribution in [1.82, 2.24) is 10.2 Å². The molecule has 0 aromatic rings. The van der Waals surface area contributed by atoms with E-state index in [4.69, 9.17) is 4.74 Å². The second kappa shape index (κ2) is 3.21. The monoisotopic (exact) mass is 196 g/mol. The molecule has 0 aromatic carbocycles. The molecule has 3 aliphatic heterocycles. The summed E-state index contributed by atoms with van der Waals surface area (Å²) >= 11 is 0. The van der Waals surface area contributed by atoms with Gasteiger partial charge in [-0.25, -0.2) is 0 Å². The maximum Gasteiger partial charge on any atom is 0.228 e. The van der Waals surface area contributed by atoms with Crippen LogP contribution >= 0.6 is 0 Å². The van der Waals surface area contributed by atoms with Crippen molar-refractivity contribution in [3.8, 4) is 0 Å². The third kappa shape index (κ3) is 1.17. The highest BCUT2D eigenvalue weighted by atomic mass is 16.5. The fraction of sp³-hybridized carbons (Fsp3) is 0.900. The third-order valence-corrected chi connectivity index (χ3v) is 3.63. The zero-order chi connectivity index (χ0) is 9.54. The van der Waals surface area contributed by atoms with Crippen molar-refractivity contribution in [3.05, 3.63) is 0 Å². The quantitative estimate of drug-likeness (QED) is 0.620. The Balaban J connectivity index is 1.74. The highest BCUT2D eigenvalue weighted by Gasteiger charge is 2.43. The largest absolute Gasteiger partial charge is 0.377 e. The average Bonchev–Trinajstić information content (AvgIpc) is 2.33. The van der Waals surface area contributed by atoms with Gasteiger partial charge in [0.1, 0.15) is 0 Å². The molecule has 3 aliphatic rings. The number of amides is 1. The Morgan fingerprint density at radius 3 is 2.36 bits per heavy atom. The highest BCUT2D eigenvalue weighted by molar-refractivity contribution is 5.81. The minimum absolute atomic E-state index is 0.246. The molecular formula is C10H16N2O2. The first-order valence-electron chi connectivity index (χ1n) is 5.47. The minimum atomic E-state index is 0.246. The second-order valence-corrected chi connectivity index (χ2v) is 4.52. The standard InChI is InChI=1S/C10H16N2O2/c13-10(7-3-11-4-7)12-8-1-2-9(12)6-14-5-8/h7-9,11H,1-6H2. The SMILES string of the molecule is O=C(C1CNC1)N1C2CCC1COC2. The van der Waals surface area contributed by atoms with Crippen molar-refractivity contribution in [2.75, 3.05) is 26.3 Å². The molecule has 1 N–H and O–H groups in total. The number of ether oxygens (including phenoxy) is 1. The molecule has 3 heterocycles. The number of hydrogen-bond acceptors (Lipinski definition) is 3. The highest BCUT2D eigenvalue weighted by Crippen LogP contribution is 2.30. The van der Waals surface area contributed by atoms with Gasteiger partial charge in [-0.05, 0) is 12.8 Å². The van der Waals surface area contributed by atoms with Gasteiger partial charge in [-0.15, -0.1) is 0 Å². The smallest absolute Gasteiger partial charge is 0.228 e. The van der Waals surface area contributed by atoms with Gasteiger partial charge in [0.2, 0.25) is 5.91 Å². The van der Waals surface area contributed by atoms with Crippen LogP contribution in [0.4, 0.5) is 0 Å². The Kier molecular flexibility index (Phi) is 1.99. The van der Waals surface area contributed by atoms with Crippen molar-refractivity contribution in [2.45, 2.75) is 24.9 Å². The molecule has 2 bridgehead atoms. The van der Waals surface area contributed by atoms with Crippen LogP contribution in [0.25, 0.3) is 0 Å². The number of carbonyl (C=O) groups is 1. The summed E-state index contributed by atoms with van der Waals surface area (Å²) in [6.07, 6.45) is 2.27. The van der Waals surface area contributed by atoms with Gasteiger partial charge in [-0.2, -0.15) is 0 Å². The summed E-state index contributed by atoms with van der Waals surface area (Å²) in [4.78, 5) is 14.2. The van der Waals surface area contributed by atoms with Crippen LogP contribution in [0, 0.1) is 5.92 Å². The van der Waals surface area contributed by atoms with Crippen LogP contribution < -0.4 is 5.32 Å². The summed E-state index contributed by atoms with van der Waals surface area (Å²) in [6.45, 7) is 3.25. The molecule has 2 atom stereocenters. The number of hydrogen-bond donors (Lipinski definition) is 1. The van der Waals surface area contributed by atoms with Crippen molar-refractivity contribution >= 4 is 5.91 Å². The lowest BCUT2D eigenvalue weighted by Crippen LogP contribution is -2.57. The van der Waals surface area contributed by atoms with E-state index in [9.17, 15) is 4.79 Å². The van der Waals surface area contributed by atoms with E-state index in [2.05, 4.69) is 10.2 Å². The zero-order valence-electron chi connectivity index (χ0n) is 8.24. The molecule has 0 aromatic heterocycles. The predicted octanol–water partition coefficient (Wildman–Crippen LogP) is -0.404. The van der Waals surface area contributed by atoms with Gasteiger partial charge in [-0.1, -0.05) is 0 Å². The maximum atomic E-state index is 12.1. The van der Waals surface area contributed by atoms with E-state index in [-0.39, 0.29) is 5.92 Å². The van der Waals surface area contributed by atoms with E-state index >= 15 is 0 Å². The molecule has 4 heteroatoms. The first-order chi connectivity index (χ1) is 6.86. The van der Waals surface area contributed by atoms with Gasteiger partial charge < -0.3 is 15.0 Å². The van der Waals surface area contributed by atoms with E-state index in [0.29, 0.717) is 18.0 Å². The molecule has 1 amide bonds. The molecular weight excluding hydrogens is 180 g/mol. The molecule has 0 saturated carbocycles. The van der Waals surface area contributed by atoms with Gasteiger partial charge in [0, 0.05) is 13.1 Å². The molecule has 3 rings (SSSR count). The summed E-state index contributed by atoms with van der Waals surface area (Å²) in [7, 11) is 0. The van der Waals surface area contributed by atoms with Crippen LogP contribution in [-0.4, -0.2) is 49.2 Å². The lowest BCUT2D eigenvalue weighted by Gasteiger charge is -2.39. The van der Waals surface area contributed by atoms with Crippen molar-refractivity contribution in [2.24, 2.45) is 5.92 Å². The molecule has 0 aliphatic carbocycles. The first kappa shape index (κ1) is 8.68. The third-order valence-electron chi connectivity index (χ3n) is 3.63. The Morgan fingerprint density at radius 1 is 1.21 bits per heavy atom. The maximum absolute atomic E-state index is 12.1. The predicted molar refractivity (Wildman–Crippen MR) is 50.8 cm³/mol. The Morgan fingerprint density at radius 2 is 1.86 bits per heavy atom. The number of carbonyl (C=O) groups excluding carboxylic acids is 1. The number of morpholine rings is 1. The lowest BCUT2D eigenvalue weighted by molar-refractivity contribution is -0.147. The molecule has 2 unspecified atom stereocenters. The van der Waals surface area contributed by atoms with Gasteiger partial charge in [0.15, 0.2) is 0 Å². The van der Waals surface area contributed by atoms with Gasteiger partial charge in [0.05, 0.1) is 31.2 Å². The fourth-order valence-corrected chi connectivity index (χ4v) is 2.66. The molecule has 0 radical (unpaired) electrons. The van der Waals surface area contributed by atoms with Crippen LogP contribution in [0.2, 0.25) is 0 Å². The van der Waals surface area contributed by atoms with E-state index in [1.165, 1.54) is 0 Å². The minimum Gasteiger partial charge on any atom is -0.377 e. The molecule has 4 nitrogen and oxygen atoms in total. The van der Waals surface area contributed by atoms with Crippen LogP contribution in [-0.2, 0) is 9.53 Å². The Bertz CT molecular complexity index is 237. The Labute approximate surface area is 83.6 Å². The molecule has 0 spiro atoms. The van der Waals surface area contributed by atoms with Crippen molar-refractivity contribution in [1.29, 1.82) is 0 Å². The lowest BCUT2D eigenvalue weighted by atomic mass is 10.0. The van der Waals surface area contributed by atoms with E-state index in [1.807, 2.05) is 0 Å². The van der Waals surface area contributed by atoms with Gasteiger partial charge in [0.25, 0.3) is 0 Å². The Hall–Kier alpha value is -0.610. The van der Waals surface area contributed by atoms with E-state index in [0.717, 1.165) is 39.1 Å². The number of nitrogens with zero attached hydrogens (tertiary/aromatic N) is 1. The normalized spacial score (nSPS) is 37.0. The molecule has 14 heavy (non-hydrogen) atoms. The summed E-state index contributed by atoms with van der Waals surface area (Å²) in [5, 5.41) is 3.15. The number of fused-ring (bicyclic) bond motifs is 2. The first-order valence-corrected chi connectivity index (χ1v) is 5.47. The molecule has 78 valence electrons. The summed E-state index contributed by atoms with van der Waals surface area (Å²) in [6, 6.07) is 0.753. The van der Waals surface area contributed by atoms with E-state index < -0.39 is 0 Å². The number of nitrogens with one attached hydrogen (secondary N) is 1. The summed E-state index contributed by atoms with van der Waals surface area (Å²) in [5.41, 5.74) is 0. The van der Waals surface area contributed by atoms with E-state index in [1.54, 1.807) is 0 Å². The zero-order valence-corrected chi connectivity index (χ0v) is 8.24.